The molecule has 6 N–H and O–H groups in total. The van der Waals surface area contributed by atoms with E-state index in [-0.39, 0.29) is 89.1 Å². The molecule has 0 atom stereocenters. The van der Waals surface area contributed by atoms with Crippen molar-refractivity contribution in [3.8, 4) is 0 Å². The molecule has 0 bridgehead atoms. The monoisotopic (exact) mass is 196 g/mol. The van der Waals surface area contributed by atoms with Crippen LogP contribution in [0.2, 0.25) is 0 Å². The predicted molar refractivity (Wildman–Crippen MR) is 44.9 cm³/mol. The smallest absolute Gasteiger partial charge is 0.316 e. The molecule has 0 saturated carbocycles. The van der Waals surface area contributed by atoms with E-state index in [1.165, 1.54) is 0 Å². The van der Waals surface area contributed by atoms with Gasteiger partial charge in [-0.3, -0.25) is 0 Å². The van der Waals surface area contributed by atoms with Gasteiger partial charge in [0.2, 0.25) is 0 Å². The molecule has 0 amide bonds. The predicted octanol–water partition coefficient (Wildman–Crippen LogP) is -4.44. The standard InChI is InChI=1S/CH2O3.Al.Ca.Mg.2H2O.7H/c2-1(3)4;;;;;;;;;;;;/h(H2,2,3,4);;;;2*1H2;;;;;;;. The van der Waals surface area contributed by atoms with Crippen LogP contribution in [-0.2, 0) is 0 Å². The van der Waals surface area contributed by atoms with Crippen LogP contribution >= 0.6 is 0 Å². The first kappa shape index (κ1) is 45.3. The van der Waals surface area contributed by atoms with E-state index in [0.29, 0.717) is 0 Å². The second-order valence-electron chi connectivity index (χ2n) is 0.283. The summed E-state index contributed by atoms with van der Waals surface area (Å²) in [7, 11) is 0. The van der Waals surface area contributed by atoms with E-state index in [1.54, 1.807) is 0 Å². The van der Waals surface area contributed by atoms with Crippen molar-refractivity contribution >= 4 is 84.3 Å². The molecule has 0 radical (unpaired) electrons. The summed E-state index contributed by atoms with van der Waals surface area (Å²) in [6, 6.07) is 0. The molecule has 0 fully saturated rings. The summed E-state index contributed by atoms with van der Waals surface area (Å²) in [5.74, 6) is 0. The summed E-state index contributed by atoms with van der Waals surface area (Å²) in [5, 5.41) is 13.9. The van der Waals surface area contributed by atoms with Gasteiger partial charge in [-0.05, 0) is 0 Å². The van der Waals surface area contributed by atoms with E-state index in [4.69, 9.17) is 15.0 Å². The number of rotatable bonds is 0. The van der Waals surface area contributed by atoms with E-state index in [0.717, 1.165) is 0 Å². The van der Waals surface area contributed by atoms with Gasteiger partial charge in [0.25, 0.3) is 0 Å². The maximum Gasteiger partial charge on any atom is 0.316 e. The fraction of sp³-hybridized carbons (Fsp3) is 0. The quantitative estimate of drug-likeness (QED) is 0.380. The molecule has 0 unspecified atom stereocenters. The molecule has 0 aromatic rings. The summed E-state index contributed by atoms with van der Waals surface area (Å²) in [4.78, 5) is 8.56. The molecule has 0 aliphatic rings. The molecule has 0 aliphatic carbocycles. The van der Waals surface area contributed by atoms with Crippen LogP contribution in [0.4, 0.5) is 4.79 Å². The van der Waals surface area contributed by atoms with Crippen LogP contribution in [-0.4, -0.2) is 105 Å². The molecule has 0 rings (SSSR count). The van der Waals surface area contributed by atoms with Crippen LogP contribution < -0.4 is 0 Å². The zero-order valence-electron chi connectivity index (χ0n) is 2.80. The van der Waals surface area contributed by atoms with Crippen molar-refractivity contribution in [2.45, 2.75) is 0 Å². The minimum Gasteiger partial charge on any atom is 0.316 e. The van der Waals surface area contributed by atoms with Gasteiger partial charge in [-0.15, -0.1) is 0 Å². The number of hydrogen-bond donors (Lipinski definition) is 2. The molecule has 0 aromatic carbocycles. The van der Waals surface area contributed by atoms with E-state index in [9.17, 15) is 0 Å². The fourth-order valence-corrected chi connectivity index (χ4v) is 0. The Hall–Kier alpha value is 1.75. The molecule has 0 aromatic heterocycles. The van der Waals surface area contributed by atoms with Crippen molar-refractivity contribution in [1.29, 1.82) is 0 Å². The minimum absolute atomic E-state index is 0. The van der Waals surface area contributed by atoms with Crippen molar-refractivity contribution in [1.82, 2.24) is 0 Å². The molecule has 0 saturated heterocycles. The van der Waals surface area contributed by atoms with Crippen LogP contribution in [0.1, 0.15) is 0 Å². The van der Waals surface area contributed by atoms with Crippen LogP contribution in [0, 0.1) is 0 Å². The minimum atomic E-state index is -1.83. The second kappa shape index (κ2) is 33.1. The summed E-state index contributed by atoms with van der Waals surface area (Å²) >= 11 is 0. The molecule has 0 aliphatic heterocycles. The van der Waals surface area contributed by atoms with Crippen LogP contribution in [0.3, 0.4) is 0 Å². The van der Waals surface area contributed by atoms with E-state index < -0.39 is 6.16 Å². The fourth-order valence-electron chi connectivity index (χ4n) is 0. The topological polar surface area (TPSA) is 121 Å². The molecular formula is CH13AlCaMgO5. The molecule has 0 heterocycles. The summed E-state index contributed by atoms with van der Waals surface area (Å²) in [6.45, 7) is 0. The van der Waals surface area contributed by atoms with Gasteiger partial charge in [0, 0.05) is 0 Å². The Morgan fingerprint density at radius 2 is 1.11 bits per heavy atom. The normalized spacial score (nSPS) is 2.67. The van der Waals surface area contributed by atoms with Crippen LogP contribution in [0.15, 0.2) is 0 Å². The second-order valence-corrected chi connectivity index (χ2v) is 0.283. The Labute approximate surface area is 109 Å². The summed E-state index contributed by atoms with van der Waals surface area (Å²) < 4.78 is 0. The first-order valence-electron chi connectivity index (χ1n) is 0.651. The SMILES string of the molecule is O.O.O=C(O)O.[AlH3].[CaH2].[MgH2]. The van der Waals surface area contributed by atoms with Crippen molar-refractivity contribution in [3.05, 3.63) is 0 Å². The molecular weight excluding hydrogens is 183 g/mol. The van der Waals surface area contributed by atoms with Gasteiger partial charge in [0.15, 0.2) is 17.4 Å². The van der Waals surface area contributed by atoms with Crippen molar-refractivity contribution < 1.29 is 26.0 Å². The van der Waals surface area contributed by atoms with Gasteiger partial charge in [0.1, 0.15) is 0 Å². The molecule has 8 heteroatoms. The largest absolute Gasteiger partial charge is 0.316 e. The number of carbonyl (C=O) groups is 1. The van der Waals surface area contributed by atoms with Crippen molar-refractivity contribution in [2.24, 2.45) is 0 Å². The number of hydrogen-bond acceptors (Lipinski definition) is 1. The van der Waals surface area contributed by atoms with Crippen LogP contribution in [0.25, 0.3) is 0 Å². The summed E-state index contributed by atoms with van der Waals surface area (Å²) in [5.41, 5.74) is 0. The Morgan fingerprint density at radius 1 is 1.11 bits per heavy atom. The van der Waals surface area contributed by atoms with Gasteiger partial charge in [-0.2, -0.15) is 0 Å². The van der Waals surface area contributed by atoms with Gasteiger partial charge in [-0.25, -0.2) is 4.79 Å². The molecule has 9 heavy (non-hydrogen) atoms. The van der Waals surface area contributed by atoms with Gasteiger partial charge in [-0.1, -0.05) is 0 Å². The molecule has 5 nitrogen and oxygen atoms in total. The number of carboxylic acid groups (broad SMARTS) is 2. The van der Waals surface area contributed by atoms with Gasteiger partial charge >= 0.3 is 66.9 Å². The average molecular weight is 196 g/mol. The van der Waals surface area contributed by atoms with E-state index in [2.05, 4.69) is 0 Å². The van der Waals surface area contributed by atoms with E-state index in [1.807, 2.05) is 0 Å². The summed E-state index contributed by atoms with van der Waals surface area (Å²) in [6.07, 6.45) is -1.83. The third-order valence-corrected chi connectivity index (χ3v) is 0. The molecule has 0 spiro atoms. The maximum atomic E-state index is 8.56. The van der Waals surface area contributed by atoms with Gasteiger partial charge < -0.3 is 21.2 Å². The third kappa shape index (κ3) is 191. The van der Waals surface area contributed by atoms with Crippen LogP contribution in [0.5, 0.6) is 0 Å². The van der Waals surface area contributed by atoms with Crippen molar-refractivity contribution in [3.63, 3.8) is 0 Å². The Morgan fingerprint density at radius 3 is 1.11 bits per heavy atom. The average Bonchev–Trinajstić information content (AvgIpc) is 0.811. The maximum absolute atomic E-state index is 8.56. The first-order valence-corrected chi connectivity index (χ1v) is 0.651. The Balaban J connectivity index is -0.00000000450. The molecule has 54 valence electrons. The first-order chi connectivity index (χ1) is 1.73. The zero-order valence-corrected chi connectivity index (χ0v) is 2.80. The van der Waals surface area contributed by atoms with Gasteiger partial charge in [0.05, 0.1) is 0 Å². The van der Waals surface area contributed by atoms with E-state index >= 15 is 0 Å². The third-order valence-electron chi connectivity index (χ3n) is 0. The Bertz CT molecular complexity index is 39.9. The Kier molecular flexibility index (Phi) is 167. The van der Waals surface area contributed by atoms with Crippen molar-refractivity contribution in [2.75, 3.05) is 0 Å². The zero-order chi connectivity index (χ0) is 3.58.